The molecule has 0 unspecified atom stereocenters. The van der Waals surface area contributed by atoms with Crippen molar-refractivity contribution >= 4 is 29.9 Å². The van der Waals surface area contributed by atoms with E-state index in [1.54, 1.807) is 22.9 Å². The van der Waals surface area contributed by atoms with Gasteiger partial charge >= 0.3 is 0 Å². The number of rotatable bonds is 2. The number of carbonyl (C=O) groups excluding carboxylic acids is 2. The maximum atomic E-state index is 12.6. The molecular weight excluding hydrogens is 404 g/mol. The number of ether oxygens (including phenoxy) is 1. The van der Waals surface area contributed by atoms with E-state index in [2.05, 4.69) is 4.98 Å². The molecule has 1 aromatic carbocycles. The molecule has 0 radical (unpaired) electrons. The highest BCUT2D eigenvalue weighted by molar-refractivity contribution is 5.95. The highest BCUT2D eigenvalue weighted by atomic mass is 35.5. The molecule has 0 aliphatic carbocycles. The number of halogens is 1. The highest BCUT2D eigenvalue weighted by Gasteiger charge is 2.30. The van der Waals surface area contributed by atoms with Crippen LogP contribution in [-0.2, 0) is 9.53 Å². The molecule has 2 aromatic rings. The minimum Gasteiger partial charge on any atom is -0.378 e. The first kappa shape index (κ1) is 22.2. The van der Waals surface area contributed by atoms with Gasteiger partial charge in [0.25, 0.3) is 5.91 Å². The van der Waals surface area contributed by atoms with E-state index in [9.17, 15) is 9.59 Å². The normalized spacial score (nSPS) is 20.9. The Bertz CT molecular complexity index is 928. The molecule has 1 fully saturated rings. The van der Waals surface area contributed by atoms with Crippen LogP contribution in [0.5, 0.6) is 0 Å². The summed E-state index contributed by atoms with van der Waals surface area (Å²) in [4.78, 5) is 32.8. The average molecular weight is 431 g/mol. The lowest BCUT2D eigenvalue weighted by atomic mass is 9.90. The van der Waals surface area contributed by atoms with Crippen molar-refractivity contribution in [1.29, 1.82) is 0 Å². The van der Waals surface area contributed by atoms with Gasteiger partial charge in [0.2, 0.25) is 5.91 Å². The summed E-state index contributed by atoms with van der Waals surface area (Å²) in [5.41, 5.74) is 10.5. The molecule has 0 saturated carbocycles. The lowest BCUT2D eigenvalue weighted by molar-refractivity contribution is -0.117. The third-order valence-electron chi connectivity index (χ3n) is 5.67. The van der Waals surface area contributed by atoms with Gasteiger partial charge in [0.1, 0.15) is 0 Å². The predicted octanol–water partition coefficient (Wildman–Crippen LogP) is 2.79. The van der Waals surface area contributed by atoms with Gasteiger partial charge in [0, 0.05) is 49.5 Å². The number of nitrogens with two attached hydrogens (primary N) is 1. The van der Waals surface area contributed by atoms with Crippen molar-refractivity contribution in [2.45, 2.75) is 32.4 Å². The maximum absolute atomic E-state index is 12.6. The second-order valence-electron chi connectivity index (χ2n) is 7.69. The fourth-order valence-corrected chi connectivity index (χ4v) is 4.19. The number of aromatic nitrogens is 1. The van der Waals surface area contributed by atoms with Crippen LogP contribution in [0.2, 0.25) is 0 Å². The van der Waals surface area contributed by atoms with Crippen molar-refractivity contribution in [1.82, 2.24) is 9.88 Å². The number of anilines is 1. The summed E-state index contributed by atoms with van der Waals surface area (Å²) >= 11 is 0. The van der Waals surface area contributed by atoms with Crippen molar-refractivity contribution < 1.29 is 14.3 Å². The maximum Gasteiger partial charge on any atom is 0.255 e. The van der Waals surface area contributed by atoms with Crippen molar-refractivity contribution in [3.8, 4) is 11.3 Å². The Labute approximate surface area is 182 Å². The van der Waals surface area contributed by atoms with Crippen LogP contribution in [0.4, 0.5) is 5.69 Å². The van der Waals surface area contributed by atoms with Crippen LogP contribution in [0.1, 0.15) is 42.2 Å². The molecule has 2 atom stereocenters. The van der Waals surface area contributed by atoms with Crippen molar-refractivity contribution in [3.63, 3.8) is 0 Å². The highest BCUT2D eigenvalue weighted by Crippen LogP contribution is 2.38. The second-order valence-corrected chi connectivity index (χ2v) is 7.69. The number of carbonyl (C=O) groups is 2. The van der Waals surface area contributed by atoms with Crippen LogP contribution in [0.3, 0.4) is 0 Å². The molecule has 1 aromatic heterocycles. The lowest BCUT2D eigenvalue weighted by Crippen LogP contribution is -2.43. The lowest BCUT2D eigenvalue weighted by Gasteiger charge is -2.37. The van der Waals surface area contributed by atoms with Crippen LogP contribution in [0, 0.1) is 0 Å². The standard InChI is InChI=1S/C22H26N4O3.ClH/c1-14-11-19(23)18-12-16(4-6-21(18)26(14)15(2)27)20-5-3-17(13-24-20)22(28)25-7-9-29-10-8-25;/h3-6,12-14,19H,7-11,23H2,1-2H3;1H/t14-,19+;/m0./s1. The number of benzene rings is 1. The number of nitrogens with zero attached hydrogens (tertiary/aromatic N) is 3. The van der Waals surface area contributed by atoms with Gasteiger partial charge in [-0.1, -0.05) is 6.07 Å². The second kappa shape index (κ2) is 9.12. The minimum absolute atomic E-state index is 0. The zero-order chi connectivity index (χ0) is 20.5. The summed E-state index contributed by atoms with van der Waals surface area (Å²) in [5.74, 6) is -0.00611. The van der Waals surface area contributed by atoms with Gasteiger partial charge in [-0.3, -0.25) is 14.6 Å². The van der Waals surface area contributed by atoms with Gasteiger partial charge in [0.15, 0.2) is 0 Å². The number of pyridine rings is 1. The summed E-state index contributed by atoms with van der Waals surface area (Å²) < 4.78 is 5.30. The van der Waals surface area contributed by atoms with Crippen LogP contribution in [-0.4, -0.2) is 54.0 Å². The van der Waals surface area contributed by atoms with E-state index in [1.165, 1.54) is 0 Å². The Morgan fingerprint density at radius 1 is 1.17 bits per heavy atom. The van der Waals surface area contributed by atoms with Gasteiger partial charge in [-0.05, 0) is 43.2 Å². The first-order chi connectivity index (χ1) is 14.0. The molecule has 8 heteroatoms. The molecule has 2 aliphatic rings. The van der Waals surface area contributed by atoms with Gasteiger partial charge in [-0.2, -0.15) is 0 Å². The molecular formula is C22H27ClN4O3. The average Bonchev–Trinajstić information content (AvgIpc) is 2.73. The summed E-state index contributed by atoms with van der Waals surface area (Å²) in [6.07, 6.45) is 2.34. The van der Waals surface area contributed by atoms with E-state index in [4.69, 9.17) is 10.5 Å². The summed E-state index contributed by atoms with van der Waals surface area (Å²) in [7, 11) is 0. The van der Waals surface area contributed by atoms with E-state index in [0.29, 0.717) is 31.9 Å². The fourth-order valence-electron chi connectivity index (χ4n) is 4.19. The Morgan fingerprint density at radius 3 is 2.53 bits per heavy atom. The summed E-state index contributed by atoms with van der Waals surface area (Å²) in [6, 6.07) is 9.51. The molecule has 2 N–H and O–H groups in total. The third kappa shape index (κ3) is 4.19. The zero-order valence-electron chi connectivity index (χ0n) is 17.2. The topological polar surface area (TPSA) is 88.8 Å². The Balaban J connectivity index is 0.00000256. The van der Waals surface area contributed by atoms with Crippen molar-refractivity contribution in [3.05, 3.63) is 47.7 Å². The molecule has 2 aliphatic heterocycles. The molecule has 30 heavy (non-hydrogen) atoms. The molecule has 2 amide bonds. The molecule has 160 valence electrons. The van der Waals surface area contributed by atoms with E-state index in [-0.39, 0.29) is 36.3 Å². The minimum atomic E-state index is -0.127. The van der Waals surface area contributed by atoms with Crippen molar-refractivity contribution in [2.24, 2.45) is 5.73 Å². The molecule has 4 rings (SSSR count). The number of amides is 2. The molecule has 0 spiro atoms. The van der Waals surface area contributed by atoms with Gasteiger partial charge in [0.05, 0.1) is 24.5 Å². The molecule has 1 saturated heterocycles. The van der Waals surface area contributed by atoms with E-state index in [1.807, 2.05) is 37.3 Å². The summed E-state index contributed by atoms with van der Waals surface area (Å²) in [5, 5.41) is 0. The Hall–Kier alpha value is -2.48. The van der Waals surface area contributed by atoms with Crippen LogP contribution in [0.15, 0.2) is 36.5 Å². The summed E-state index contributed by atoms with van der Waals surface area (Å²) in [6.45, 7) is 5.95. The molecule has 7 nitrogen and oxygen atoms in total. The van der Waals surface area contributed by atoms with Crippen LogP contribution in [0.25, 0.3) is 11.3 Å². The third-order valence-corrected chi connectivity index (χ3v) is 5.67. The number of hydrogen-bond acceptors (Lipinski definition) is 5. The Morgan fingerprint density at radius 2 is 1.90 bits per heavy atom. The smallest absolute Gasteiger partial charge is 0.255 e. The van der Waals surface area contributed by atoms with E-state index < -0.39 is 0 Å². The zero-order valence-corrected chi connectivity index (χ0v) is 18.0. The predicted molar refractivity (Wildman–Crippen MR) is 118 cm³/mol. The monoisotopic (exact) mass is 430 g/mol. The van der Waals surface area contributed by atoms with Crippen LogP contribution < -0.4 is 10.6 Å². The van der Waals surface area contributed by atoms with Crippen molar-refractivity contribution in [2.75, 3.05) is 31.2 Å². The van der Waals surface area contributed by atoms with Crippen LogP contribution >= 0.6 is 12.4 Å². The number of fused-ring (bicyclic) bond motifs is 1. The quantitative estimate of drug-likeness (QED) is 0.791. The number of morpholine rings is 1. The Kier molecular flexibility index (Phi) is 6.75. The first-order valence-corrected chi connectivity index (χ1v) is 9.98. The van der Waals surface area contributed by atoms with E-state index in [0.717, 1.165) is 28.9 Å². The largest absolute Gasteiger partial charge is 0.378 e. The SMILES string of the molecule is CC(=O)N1c2ccc(-c3ccc(C(=O)N4CCOCC4)cn3)cc2[C@H](N)C[C@@H]1C.Cl. The number of hydrogen-bond donors (Lipinski definition) is 1. The van der Waals surface area contributed by atoms with Gasteiger partial charge < -0.3 is 20.3 Å². The van der Waals surface area contributed by atoms with Gasteiger partial charge in [-0.25, -0.2) is 0 Å². The molecule has 0 bridgehead atoms. The van der Waals surface area contributed by atoms with E-state index >= 15 is 0 Å². The van der Waals surface area contributed by atoms with Gasteiger partial charge in [-0.15, -0.1) is 12.4 Å². The fraction of sp³-hybridized carbons (Fsp3) is 0.409. The first-order valence-electron chi connectivity index (χ1n) is 9.98. The molecule has 3 heterocycles.